The largest absolute Gasteiger partial charge is 0.481 e. The summed E-state index contributed by atoms with van der Waals surface area (Å²) in [6, 6.07) is 2.43. The van der Waals surface area contributed by atoms with Crippen molar-refractivity contribution in [3.8, 4) is 0 Å². The molecule has 0 aliphatic carbocycles. The third kappa shape index (κ3) is 4.23. The van der Waals surface area contributed by atoms with Crippen LogP contribution < -0.4 is 21.4 Å². The Labute approximate surface area is 143 Å². The normalized spacial score (nSPS) is 10.5. The van der Waals surface area contributed by atoms with Gasteiger partial charge in [-0.15, -0.1) is 0 Å². The molecule has 0 fully saturated rings. The van der Waals surface area contributed by atoms with Gasteiger partial charge in [0.05, 0.1) is 28.0 Å². The van der Waals surface area contributed by atoms with E-state index in [0.717, 1.165) is 6.92 Å². The third-order valence-corrected chi connectivity index (χ3v) is 3.32. The predicted molar refractivity (Wildman–Crippen MR) is 86.6 cm³/mol. The number of halogens is 1. The molecule has 0 saturated carbocycles. The summed E-state index contributed by atoms with van der Waals surface area (Å²) in [5, 5.41) is 10.9. The number of aromatic amines is 1. The first-order valence-electron chi connectivity index (χ1n) is 6.88. The number of nitrogens with zero attached hydrogens (tertiary/aromatic N) is 1. The lowest BCUT2D eigenvalue weighted by molar-refractivity contribution is -0.142. The Morgan fingerprint density at radius 3 is 2.56 bits per heavy atom. The number of benzene rings is 1. The molecule has 0 unspecified atom stereocenters. The van der Waals surface area contributed by atoms with Gasteiger partial charge in [-0.05, 0) is 12.1 Å². The van der Waals surface area contributed by atoms with Crippen molar-refractivity contribution in [2.45, 2.75) is 19.8 Å². The van der Waals surface area contributed by atoms with Gasteiger partial charge in [-0.2, -0.15) is 0 Å². The highest BCUT2D eigenvalue weighted by Crippen LogP contribution is 2.25. The fourth-order valence-corrected chi connectivity index (χ4v) is 2.17. The maximum Gasteiger partial charge on any atom is 0.363 e. The van der Waals surface area contributed by atoms with Crippen LogP contribution in [0.4, 0.5) is 5.69 Å². The molecular formula is C14H12ClN3O7. The molecule has 0 saturated heterocycles. The van der Waals surface area contributed by atoms with E-state index in [-0.39, 0.29) is 39.2 Å². The van der Waals surface area contributed by atoms with E-state index in [0.29, 0.717) is 0 Å². The molecule has 1 amide bonds. The van der Waals surface area contributed by atoms with Gasteiger partial charge >= 0.3 is 17.6 Å². The highest BCUT2D eigenvalue weighted by molar-refractivity contribution is 6.34. The second-order valence-electron chi connectivity index (χ2n) is 4.93. The van der Waals surface area contributed by atoms with E-state index in [1.165, 1.54) is 12.1 Å². The molecule has 0 spiro atoms. The Bertz CT molecular complexity index is 992. The number of carboxylic acids is 1. The molecule has 0 bridgehead atoms. The molecule has 3 N–H and O–H groups in total. The Morgan fingerprint density at radius 1 is 1.28 bits per heavy atom. The van der Waals surface area contributed by atoms with Crippen LogP contribution in [0.15, 0.2) is 21.7 Å². The van der Waals surface area contributed by atoms with Crippen molar-refractivity contribution < 1.29 is 24.3 Å². The maximum atomic E-state index is 12.3. The number of carbonyl (C=O) groups excluding carboxylic acids is 2. The molecule has 132 valence electrons. The molecule has 0 aliphatic heterocycles. The number of aromatic nitrogens is 2. The van der Waals surface area contributed by atoms with Gasteiger partial charge in [0.2, 0.25) is 5.91 Å². The van der Waals surface area contributed by atoms with Crippen LogP contribution in [0, 0.1) is 0 Å². The van der Waals surface area contributed by atoms with Crippen LogP contribution in [-0.4, -0.2) is 32.7 Å². The van der Waals surface area contributed by atoms with Crippen LogP contribution in [0.2, 0.25) is 5.02 Å². The first kappa shape index (κ1) is 18.2. The Morgan fingerprint density at radius 2 is 1.96 bits per heavy atom. The molecule has 1 aromatic carbocycles. The first-order chi connectivity index (χ1) is 11.7. The van der Waals surface area contributed by atoms with Gasteiger partial charge in [0, 0.05) is 13.3 Å². The number of aliphatic carboxylic acids is 1. The van der Waals surface area contributed by atoms with Crippen molar-refractivity contribution in [2.75, 3.05) is 5.32 Å². The summed E-state index contributed by atoms with van der Waals surface area (Å²) in [5.74, 6) is -2.63. The molecule has 0 radical (unpaired) electrons. The van der Waals surface area contributed by atoms with E-state index in [1.54, 1.807) is 0 Å². The Kier molecular flexibility index (Phi) is 5.22. The van der Waals surface area contributed by atoms with Crippen molar-refractivity contribution in [1.82, 2.24) is 9.71 Å². The zero-order valence-electron chi connectivity index (χ0n) is 12.8. The van der Waals surface area contributed by atoms with Gasteiger partial charge in [-0.1, -0.05) is 16.3 Å². The molecule has 1 aromatic heterocycles. The highest BCUT2D eigenvalue weighted by Gasteiger charge is 2.15. The number of anilines is 1. The summed E-state index contributed by atoms with van der Waals surface area (Å²) in [6.45, 7) is 1.02. The summed E-state index contributed by atoms with van der Waals surface area (Å²) >= 11 is 5.99. The molecule has 1 heterocycles. The lowest BCUT2D eigenvalue weighted by Gasteiger charge is -2.09. The van der Waals surface area contributed by atoms with Crippen LogP contribution in [0.25, 0.3) is 10.9 Å². The summed E-state index contributed by atoms with van der Waals surface area (Å²) in [6.07, 6.45) is -0.656. The molecule has 2 aromatic rings. The summed E-state index contributed by atoms with van der Waals surface area (Å²) in [7, 11) is 0. The van der Waals surface area contributed by atoms with Gasteiger partial charge in [-0.25, -0.2) is 9.59 Å². The SMILES string of the molecule is CC(=O)On1c(=O)[nH]c2cc(Cl)c(NC(=O)CCC(=O)O)cc2c1=O. The Balaban J connectivity index is 2.47. The third-order valence-electron chi connectivity index (χ3n) is 3.01. The van der Waals surface area contributed by atoms with Crippen LogP contribution in [0.1, 0.15) is 19.8 Å². The number of fused-ring (bicyclic) bond motifs is 1. The van der Waals surface area contributed by atoms with Crippen molar-refractivity contribution in [3.05, 3.63) is 38.0 Å². The van der Waals surface area contributed by atoms with E-state index in [4.69, 9.17) is 16.7 Å². The molecule has 10 nitrogen and oxygen atoms in total. The fourth-order valence-electron chi connectivity index (χ4n) is 1.96. The number of amides is 1. The van der Waals surface area contributed by atoms with Gasteiger partial charge in [-0.3, -0.25) is 14.4 Å². The standard InChI is InChI=1S/C14H12ClN3O7/c1-6(19)25-18-13(23)7-4-10(16-11(20)2-3-12(21)22)8(15)5-9(7)17-14(18)24/h4-5H,2-3H2,1H3,(H,16,20)(H,17,24)(H,21,22). The number of hydrogen-bond donors (Lipinski definition) is 3. The average molecular weight is 370 g/mol. The monoisotopic (exact) mass is 369 g/mol. The van der Waals surface area contributed by atoms with Gasteiger partial charge < -0.3 is 20.2 Å². The minimum absolute atomic E-state index is 0.0245. The van der Waals surface area contributed by atoms with E-state index < -0.39 is 29.1 Å². The summed E-state index contributed by atoms with van der Waals surface area (Å²) in [4.78, 5) is 64.1. The van der Waals surface area contributed by atoms with E-state index in [2.05, 4.69) is 15.1 Å². The van der Waals surface area contributed by atoms with Crippen molar-refractivity contribution in [1.29, 1.82) is 0 Å². The van der Waals surface area contributed by atoms with Crippen LogP contribution >= 0.6 is 11.6 Å². The van der Waals surface area contributed by atoms with E-state index >= 15 is 0 Å². The number of carboxylic acid groups (broad SMARTS) is 1. The fraction of sp³-hybridized carbons (Fsp3) is 0.214. The van der Waals surface area contributed by atoms with Crippen molar-refractivity contribution in [3.63, 3.8) is 0 Å². The molecule has 0 atom stereocenters. The summed E-state index contributed by atoms with van der Waals surface area (Å²) < 4.78 is 0.245. The first-order valence-corrected chi connectivity index (χ1v) is 7.26. The number of nitrogens with one attached hydrogen (secondary N) is 2. The van der Waals surface area contributed by atoms with Crippen LogP contribution in [0.3, 0.4) is 0 Å². The molecule has 0 aliphatic rings. The average Bonchev–Trinajstić information content (AvgIpc) is 2.51. The second kappa shape index (κ2) is 7.18. The second-order valence-corrected chi connectivity index (χ2v) is 5.34. The minimum atomic E-state index is -1.14. The molecular weight excluding hydrogens is 358 g/mol. The highest BCUT2D eigenvalue weighted by atomic mass is 35.5. The number of hydrogen-bond acceptors (Lipinski definition) is 6. The topological polar surface area (TPSA) is 148 Å². The van der Waals surface area contributed by atoms with Crippen molar-refractivity contribution >= 4 is 46.0 Å². The maximum absolute atomic E-state index is 12.3. The summed E-state index contributed by atoms with van der Waals surface area (Å²) in [5.41, 5.74) is -1.77. The smallest absolute Gasteiger partial charge is 0.363 e. The predicted octanol–water partition coefficient (Wildman–Crippen LogP) is 0.122. The number of rotatable bonds is 5. The molecule has 25 heavy (non-hydrogen) atoms. The van der Waals surface area contributed by atoms with Crippen LogP contribution in [0.5, 0.6) is 0 Å². The van der Waals surface area contributed by atoms with Gasteiger partial charge in [0.15, 0.2) is 0 Å². The number of H-pyrrole nitrogens is 1. The lowest BCUT2D eigenvalue weighted by atomic mass is 10.2. The Hall–Kier alpha value is -3.14. The molecule has 2 rings (SSSR count). The quantitative estimate of drug-likeness (QED) is 0.678. The molecule has 11 heteroatoms. The zero-order chi connectivity index (χ0) is 18.7. The zero-order valence-corrected chi connectivity index (χ0v) is 13.5. The minimum Gasteiger partial charge on any atom is -0.481 e. The van der Waals surface area contributed by atoms with Crippen LogP contribution in [-0.2, 0) is 14.4 Å². The van der Waals surface area contributed by atoms with Gasteiger partial charge in [0.25, 0.3) is 5.56 Å². The van der Waals surface area contributed by atoms with Gasteiger partial charge in [0.1, 0.15) is 0 Å². The van der Waals surface area contributed by atoms with E-state index in [1.807, 2.05) is 0 Å². The van der Waals surface area contributed by atoms with Crippen molar-refractivity contribution in [2.24, 2.45) is 0 Å². The lowest BCUT2D eigenvalue weighted by Crippen LogP contribution is -2.41. The number of carbonyl (C=O) groups is 3. The van der Waals surface area contributed by atoms with E-state index in [9.17, 15) is 24.0 Å².